The Morgan fingerprint density at radius 3 is 2.85 bits per heavy atom. The van der Waals surface area contributed by atoms with E-state index in [1.54, 1.807) is 12.1 Å². The van der Waals surface area contributed by atoms with Gasteiger partial charge in [-0.2, -0.15) is 5.10 Å². The lowest BCUT2D eigenvalue weighted by Gasteiger charge is -1.98. The number of hydrogen-bond acceptors (Lipinski definition) is 4. The van der Waals surface area contributed by atoms with Crippen molar-refractivity contribution in [3.8, 4) is 11.3 Å². The average Bonchev–Trinajstić information content (AvgIpc) is 3.06. The summed E-state index contributed by atoms with van der Waals surface area (Å²) in [4.78, 5) is 4.47. The first kappa shape index (κ1) is 13.2. The van der Waals surface area contributed by atoms with Gasteiger partial charge in [-0.05, 0) is 49.4 Å². The molecule has 0 radical (unpaired) electrons. The molecule has 1 aliphatic carbocycles. The van der Waals surface area contributed by atoms with Crippen LogP contribution in [0.15, 0.2) is 34.7 Å². The minimum atomic E-state index is -0.232. The lowest BCUT2D eigenvalue weighted by atomic mass is 10.1. The summed E-state index contributed by atoms with van der Waals surface area (Å²) >= 11 is 1.51. The molecule has 0 saturated heterocycles. The van der Waals surface area contributed by atoms with Gasteiger partial charge in [0.05, 0.1) is 5.69 Å². The summed E-state index contributed by atoms with van der Waals surface area (Å²) in [6.45, 7) is 2.25. The number of thiazole rings is 1. The summed E-state index contributed by atoms with van der Waals surface area (Å²) in [6, 6.07) is 6.36. The van der Waals surface area contributed by atoms with Crippen LogP contribution in [0.3, 0.4) is 0 Å². The lowest BCUT2D eigenvalue weighted by Crippen LogP contribution is -1.97. The SMILES string of the molecule is CC1CC/C(=N/Nc2nc(-c3ccc(F)cc3)cs2)C1. The molecular formula is C15H16FN3S. The third-order valence-corrected chi connectivity index (χ3v) is 4.21. The monoisotopic (exact) mass is 289 g/mol. The van der Waals surface area contributed by atoms with Crippen LogP contribution in [-0.4, -0.2) is 10.7 Å². The minimum Gasteiger partial charge on any atom is -0.253 e. The smallest absolute Gasteiger partial charge is 0.203 e. The Balaban J connectivity index is 1.69. The first-order chi connectivity index (χ1) is 9.70. The normalized spacial score (nSPS) is 20.5. The number of anilines is 1. The van der Waals surface area contributed by atoms with Gasteiger partial charge in [0.15, 0.2) is 0 Å². The molecular weight excluding hydrogens is 273 g/mol. The van der Waals surface area contributed by atoms with Crippen LogP contribution in [0.5, 0.6) is 0 Å². The largest absolute Gasteiger partial charge is 0.253 e. The van der Waals surface area contributed by atoms with E-state index in [-0.39, 0.29) is 5.82 Å². The Morgan fingerprint density at radius 1 is 1.35 bits per heavy atom. The molecule has 0 spiro atoms. The van der Waals surface area contributed by atoms with E-state index in [9.17, 15) is 4.39 Å². The molecule has 5 heteroatoms. The molecule has 1 aromatic heterocycles. The van der Waals surface area contributed by atoms with Crippen LogP contribution in [0.2, 0.25) is 0 Å². The number of hydrazone groups is 1. The van der Waals surface area contributed by atoms with Crippen LogP contribution in [0, 0.1) is 11.7 Å². The molecule has 2 aromatic rings. The molecule has 1 heterocycles. The van der Waals surface area contributed by atoms with Gasteiger partial charge in [0.1, 0.15) is 5.82 Å². The van der Waals surface area contributed by atoms with Gasteiger partial charge in [-0.25, -0.2) is 9.37 Å². The Labute approximate surface area is 121 Å². The van der Waals surface area contributed by atoms with Gasteiger partial charge in [0, 0.05) is 16.7 Å². The highest BCUT2D eigenvalue weighted by molar-refractivity contribution is 7.14. The third kappa shape index (κ3) is 3.04. The predicted octanol–water partition coefficient (Wildman–Crippen LogP) is 4.54. The molecule has 0 amide bonds. The zero-order valence-corrected chi connectivity index (χ0v) is 12.1. The lowest BCUT2D eigenvalue weighted by molar-refractivity contribution is 0.623. The Morgan fingerprint density at radius 2 is 2.15 bits per heavy atom. The van der Waals surface area contributed by atoms with Gasteiger partial charge in [0.25, 0.3) is 0 Å². The number of benzene rings is 1. The molecule has 20 heavy (non-hydrogen) atoms. The van der Waals surface area contributed by atoms with Gasteiger partial charge in [-0.3, -0.25) is 5.43 Å². The zero-order chi connectivity index (χ0) is 13.9. The van der Waals surface area contributed by atoms with Gasteiger partial charge in [-0.15, -0.1) is 11.3 Å². The van der Waals surface area contributed by atoms with E-state index in [1.165, 1.54) is 35.6 Å². The highest BCUT2D eigenvalue weighted by atomic mass is 32.1. The third-order valence-electron chi connectivity index (χ3n) is 3.46. The molecule has 1 unspecified atom stereocenters. The summed E-state index contributed by atoms with van der Waals surface area (Å²) in [5.74, 6) is 0.505. The van der Waals surface area contributed by atoms with Crippen molar-refractivity contribution < 1.29 is 4.39 Å². The second-order valence-electron chi connectivity index (χ2n) is 5.18. The van der Waals surface area contributed by atoms with Crippen molar-refractivity contribution in [2.75, 3.05) is 5.43 Å². The first-order valence-electron chi connectivity index (χ1n) is 6.73. The minimum absolute atomic E-state index is 0.232. The maximum Gasteiger partial charge on any atom is 0.203 e. The summed E-state index contributed by atoms with van der Waals surface area (Å²) in [5.41, 5.74) is 6.01. The van der Waals surface area contributed by atoms with Crippen molar-refractivity contribution >= 4 is 22.2 Å². The van der Waals surface area contributed by atoms with Crippen molar-refractivity contribution in [2.24, 2.45) is 11.0 Å². The highest BCUT2D eigenvalue weighted by Crippen LogP contribution is 2.26. The topological polar surface area (TPSA) is 37.3 Å². The summed E-state index contributed by atoms with van der Waals surface area (Å²) < 4.78 is 12.9. The van der Waals surface area contributed by atoms with Gasteiger partial charge < -0.3 is 0 Å². The highest BCUT2D eigenvalue weighted by Gasteiger charge is 2.16. The van der Waals surface area contributed by atoms with E-state index < -0.39 is 0 Å². The second-order valence-corrected chi connectivity index (χ2v) is 6.04. The molecule has 0 bridgehead atoms. The fourth-order valence-electron chi connectivity index (χ4n) is 2.33. The van der Waals surface area contributed by atoms with E-state index in [4.69, 9.17) is 0 Å². The van der Waals surface area contributed by atoms with E-state index >= 15 is 0 Å². The number of halogens is 1. The second kappa shape index (κ2) is 5.71. The first-order valence-corrected chi connectivity index (χ1v) is 7.61. The van der Waals surface area contributed by atoms with Crippen molar-refractivity contribution in [1.29, 1.82) is 0 Å². The fraction of sp³-hybridized carbons (Fsp3) is 0.333. The molecule has 3 nitrogen and oxygen atoms in total. The van der Waals surface area contributed by atoms with E-state index in [2.05, 4.69) is 22.4 Å². The standard InChI is InChI=1S/C15H16FN3S/c1-10-2-7-13(8-10)18-19-15-17-14(9-20-15)11-3-5-12(16)6-4-11/h3-6,9-10H,2,7-8H2,1H3,(H,17,19)/b18-13-. The van der Waals surface area contributed by atoms with Gasteiger partial charge >= 0.3 is 0 Å². The van der Waals surface area contributed by atoms with Crippen LogP contribution in [0.4, 0.5) is 9.52 Å². The molecule has 0 aliphatic heterocycles. The number of rotatable bonds is 3. The molecule has 104 valence electrons. The van der Waals surface area contributed by atoms with Gasteiger partial charge in [0.2, 0.25) is 5.13 Å². The Hall–Kier alpha value is -1.75. The van der Waals surface area contributed by atoms with Gasteiger partial charge in [-0.1, -0.05) is 6.92 Å². The maximum atomic E-state index is 12.9. The molecule has 1 atom stereocenters. The molecule has 1 fully saturated rings. The average molecular weight is 289 g/mol. The van der Waals surface area contributed by atoms with Crippen LogP contribution in [0.25, 0.3) is 11.3 Å². The fourth-order valence-corrected chi connectivity index (χ4v) is 2.99. The van der Waals surface area contributed by atoms with Crippen molar-refractivity contribution in [3.63, 3.8) is 0 Å². The van der Waals surface area contributed by atoms with E-state index in [0.29, 0.717) is 0 Å². The number of hydrogen-bond donors (Lipinski definition) is 1. The number of aromatic nitrogens is 1. The van der Waals surface area contributed by atoms with Crippen molar-refractivity contribution in [2.45, 2.75) is 26.2 Å². The molecule has 1 aliphatic rings. The van der Waals surface area contributed by atoms with Crippen molar-refractivity contribution in [3.05, 3.63) is 35.5 Å². The summed E-state index contributed by atoms with van der Waals surface area (Å²) in [7, 11) is 0. The number of nitrogens with one attached hydrogen (secondary N) is 1. The molecule has 1 N–H and O–H groups in total. The number of nitrogens with zero attached hydrogens (tertiary/aromatic N) is 2. The molecule has 1 saturated carbocycles. The van der Waals surface area contributed by atoms with Crippen LogP contribution < -0.4 is 5.43 Å². The predicted molar refractivity (Wildman–Crippen MR) is 81.6 cm³/mol. The Kier molecular flexibility index (Phi) is 3.78. The van der Waals surface area contributed by atoms with Crippen molar-refractivity contribution in [1.82, 2.24) is 4.98 Å². The summed E-state index contributed by atoms with van der Waals surface area (Å²) in [6.07, 6.45) is 3.37. The zero-order valence-electron chi connectivity index (χ0n) is 11.3. The molecule has 3 rings (SSSR count). The van der Waals surface area contributed by atoms with E-state index in [0.717, 1.165) is 35.1 Å². The quantitative estimate of drug-likeness (QED) is 0.842. The van der Waals surface area contributed by atoms with Crippen LogP contribution in [-0.2, 0) is 0 Å². The Bertz CT molecular complexity index is 618. The van der Waals surface area contributed by atoms with Crippen LogP contribution >= 0.6 is 11.3 Å². The van der Waals surface area contributed by atoms with E-state index in [1.807, 2.05) is 5.38 Å². The van der Waals surface area contributed by atoms with Crippen LogP contribution in [0.1, 0.15) is 26.2 Å². The maximum absolute atomic E-state index is 12.9. The summed E-state index contributed by atoms with van der Waals surface area (Å²) in [5, 5.41) is 7.15. The molecule has 1 aromatic carbocycles.